The number of carbonyl (C=O) groups excluding carboxylic acids is 6. The van der Waals surface area contributed by atoms with Gasteiger partial charge in [-0.3, -0.25) is 0 Å². The van der Waals surface area contributed by atoms with Gasteiger partial charge in [0.15, 0.2) is 0 Å². The molecule has 4 fully saturated rings. The monoisotopic (exact) mass is 386 g/mol. The number of aliphatic carboxylic acids is 2. The van der Waals surface area contributed by atoms with Gasteiger partial charge in [-0.05, 0) is 0 Å². The van der Waals surface area contributed by atoms with Crippen molar-refractivity contribution in [2.45, 2.75) is 37.8 Å². The van der Waals surface area contributed by atoms with E-state index in [0.29, 0.717) is 38.8 Å². The summed E-state index contributed by atoms with van der Waals surface area (Å²) in [4.78, 5) is 64.6. The van der Waals surface area contributed by atoms with E-state index in [4.69, 9.17) is 0 Å². The number of nitrogens with zero attached hydrogens (tertiary/aromatic N) is 2. The summed E-state index contributed by atoms with van der Waals surface area (Å²) in [7, 11) is 0. The summed E-state index contributed by atoms with van der Waals surface area (Å²) < 4.78 is -0.940. The number of carbonyl (C=O) groups is 6. The second-order valence-corrected chi connectivity index (χ2v) is 6.36. The van der Waals surface area contributed by atoms with Crippen LogP contribution in [0.25, 0.3) is 0 Å². The molecule has 0 aromatic heterocycles. The molecule has 0 bridgehead atoms. The molecule has 4 amide bonds. The van der Waals surface area contributed by atoms with Crippen molar-refractivity contribution in [2.24, 2.45) is 0 Å². The van der Waals surface area contributed by atoms with Crippen molar-refractivity contribution in [2.75, 3.05) is 13.1 Å². The molecule has 4 heterocycles. The number of carboxylic acids is 2. The Morgan fingerprint density at radius 1 is 0.731 bits per heavy atom. The van der Waals surface area contributed by atoms with Crippen LogP contribution in [0.4, 0.5) is 0 Å². The minimum Gasteiger partial charge on any atom is -1.00 e. The van der Waals surface area contributed by atoms with E-state index in [1.165, 1.54) is 0 Å². The molecule has 0 radical (unpaired) electrons. The van der Waals surface area contributed by atoms with Crippen molar-refractivity contribution < 1.29 is 110 Å². The summed E-state index contributed by atoms with van der Waals surface area (Å²) in [5.41, 5.74) is 0. The maximum atomic E-state index is 10.9. The summed E-state index contributed by atoms with van der Waals surface area (Å²) in [5.74, 6) is -4.84. The Balaban J connectivity index is 0. The molecule has 0 aliphatic carbocycles. The molecule has 4 aliphatic rings. The molecule has 132 valence electrons. The van der Waals surface area contributed by atoms with E-state index < -0.39 is 56.6 Å². The molecule has 12 heteroatoms. The average molecular weight is 386 g/mol. The smallest absolute Gasteiger partial charge is 1.00 e. The number of hydrogen-bond acceptors (Lipinski definition) is 8. The predicted octanol–water partition coefficient (Wildman–Crippen LogP) is -10.2. The normalized spacial score (nSPS) is 28.8. The molecule has 0 aromatic rings. The quantitative estimate of drug-likeness (QED) is 0.197. The van der Waals surface area contributed by atoms with Gasteiger partial charge in [0, 0.05) is 25.7 Å². The average Bonchev–Trinajstić information content (AvgIpc) is 3.13. The molecule has 0 aromatic carbocycles. The van der Waals surface area contributed by atoms with Crippen LogP contribution in [0.3, 0.4) is 0 Å². The first-order valence-electron chi connectivity index (χ1n) is 7.57. The third-order valence-electron chi connectivity index (χ3n) is 5.30. The maximum Gasteiger partial charge on any atom is 1.00 e. The van der Waals surface area contributed by atoms with E-state index in [0.717, 1.165) is 0 Å². The van der Waals surface area contributed by atoms with Gasteiger partial charge in [0.05, 0.1) is 13.1 Å². The van der Waals surface area contributed by atoms with Gasteiger partial charge in [0.1, 0.15) is 24.0 Å². The number of imide groups is 2. The van der Waals surface area contributed by atoms with Crippen LogP contribution in [0.1, 0.15) is 28.5 Å². The van der Waals surface area contributed by atoms with Crippen molar-refractivity contribution in [1.82, 2.24) is 0 Å². The van der Waals surface area contributed by atoms with Gasteiger partial charge in [0.25, 0.3) is 0 Å². The third-order valence-corrected chi connectivity index (χ3v) is 5.30. The summed E-state index contributed by atoms with van der Waals surface area (Å²) in [6.45, 7) is 0.687. The third kappa shape index (κ3) is 3.16. The fourth-order valence-corrected chi connectivity index (χ4v) is 3.88. The fraction of sp³-hybridized carbons (Fsp3) is 0.571. The van der Waals surface area contributed by atoms with Gasteiger partial charge >= 0.3 is 82.7 Å². The summed E-state index contributed by atoms with van der Waals surface area (Å²) in [5, 5.41) is 21.0. The molecule has 4 aliphatic heterocycles. The van der Waals surface area contributed by atoms with Crippen LogP contribution in [-0.4, -0.2) is 69.7 Å². The molecular formula is C14H16N2Na2O8. The summed E-state index contributed by atoms with van der Waals surface area (Å²) in [6, 6.07) is -1.82. The zero-order valence-corrected chi connectivity index (χ0v) is 18.6. The van der Waals surface area contributed by atoms with Gasteiger partial charge in [-0.25, -0.2) is 19.2 Å². The molecule has 4 saturated heterocycles. The van der Waals surface area contributed by atoms with Crippen molar-refractivity contribution in [3.05, 3.63) is 0 Å². The molecule has 0 saturated carbocycles. The Morgan fingerprint density at radius 2 is 1.00 bits per heavy atom. The van der Waals surface area contributed by atoms with Crippen LogP contribution in [0, 0.1) is 0 Å². The minimum atomic E-state index is -1.29. The van der Waals surface area contributed by atoms with E-state index >= 15 is 0 Å². The van der Waals surface area contributed by atoms with E-state index in [2.05, 4.69) is 0 Å². The Morgan fingerprint density at radius 3 is 1.15 bits per heavy atom. The van der Waals surface area contributed by atoms with Gasteiger partial charge < -0.3 is 22.7 Å². The number of carboxylic acid groups (broad SMARTS) is 2. The molecule has 4 rings (SSSR count). The van der Waals surface area contributed by atoms with E-state index in [-0.39, 0.29) is 62.0 Å². The molecule has 0 unspecified atom stereocenters. The zero-order valence-electron chi connectivity index (χ0n) is 16.6. The van der Waals surface area contributed by atoms with Crippen molar-refractivity contribution in [3.63, 3.8) is 0 Å². The Labute approximate surface area is 195 Å². The summed E-state index contributed by atoms with van der Waals surface area (Å²) in [6.07, 6.45) is 1.96. The van der Waals surface area contributed by atoms with Gasteiger partial charge in [0.2, 0.25) is 0 Å². The molecule has 10 nitrogen and oxygen atoms in total. The SMILES string of the molecule is O=C([O-])[C@@H]1CCC[N+]12C(=O)C2=O.O=C([O-])[C@@H]1CCC[N+]12C(=O)C2=O.[H-].[H-].[Na+].[Na+]. The number of hydrogen-bond donors (Lipinski definition) is 0. The zero-order chi connectivity index (χ0) is 17.9. The van der Waals surface area contributed by atoms with E-state index in [9.17, 15) is 39.0 Å². The van der Waals surface area contributed by atoms with E-state index in [1.54, 1.807) is 0 Å². The molecule has 2 spiro atoms. The largest absolute Gasteiger partial charge is 1.00 e. The minimum absolute atomic E-state index is 0. The molecular weight excluding hydrogens is 370 g/mol. The Hall–Kier alpha value is -0.460. The Bertz CT molecular complexity index is 644. The van der Waals surface area contributed by atoms with Crippen molar-refractivity contribution in [3.8, 4) is 0 Å². The Kier molecular flexibility index (Phi) is 7.15. The van der Waals surface area contributed by atoms with Crippen molar-refractivity contribution in [1.29, 1.82) is 0 Å². The fourth-order valence-electron chi connectivity index (χ4n) is 3.88. The van der Waals surface area contributed by atoms with E-state index in [1.807, 2.05) is 0 Å². The second-order valence-electron chi connectivity index (χ2n) is 6.36. The first-order valence-corrected chi connectivity index (χ1v) is 7.57. The maximum absolute atomic E-state index is 10.9. The molecule has 2 atom stereocenters. The first-order chi connectivity index (χ1) is 11.2. The van der Waals surface area contributed by atoms with Gasteiger partial charge in [-0.1, -0.05) is 0 Å². The number of amides is 4. The van der Waals surface area contributed by atoms with Crippen LogP contribution < -0.4 is 69.3 Å². The van der Waals surface area contributed by atoms with Crippen LogP contribution >= 0.6 is 0 Å². The number of rotatable bonds is 2. The first kappa shape index (κ1) is 23.6. The predicted molar refractivity (Wildman–Crippen MR) is 68.6 cm³/mol. The van der Waals surface area contributed by atoms with Crippen LogP contribution in [-0.2, 0) is 28.8 Å². The second kappa shape index (κ2) is 7.88. The van der Waals surface area contributed by atoms with Crippen LogP contribution in [0.15, 0.2) is 0 Å². The number of quaternary nitrogens is 2. The van der Waals surface area contributed by atoms with Crippen molar-refractivity contribution >= 4 is 35.6 Å². The van der Waals surface area contributed by atoms with Crippen LogP contribution in [0.5, 0.6) is 0 Å². The molecule has 0 N–H and O–H groups in total. The van der Waals surface area contributed by atoms with Gasteiger partial charge in [-0.2, -0.15) is 8.97 Å². The summed E-state index contributed by atoms with van der Waals surface area (Å²) >= 11 is 0. The molecule has 26 heavy (non-hydrogen) atoms. The standard InChI is InChI=1S/2C7H7NO4.2Na.2H/c2*9-5-6(10)8(5)3-1-2-4(8)7(11)12;;;;/h2*4H,1-3H2;;;;/q;;2*+1;2*-1/t2*4-;;;;/m00..../s1. The van der Waals surface area contributed by atoms with Gasteiger partial charge in [-0.15, -0.1) is 0 Å². The van der Waals surface area contributed by atoms with Crippen LogP contribution in [0.2, 0.25) is 0 Å². The topological polar surface area (TPSA) is 149 Å².